The van der Waals surface area contributed by atoms with Gasteiger partial charge in [0.25, 0.3) is 0 Å². The van der Waals surface area contributed by atoms with Crippen molar-refractivity contribution in [1.82, 2.24) is 0 Å². The molecule has 2 unspecified atom stereocenters. The number of hydrogen-bond donors (Lipinski definition) is 3. The van der Waals surface area contributed by atoms with E-state index in [1.54, 1.807) is 13.0 Å². The van der Waals surface area contributed by atoms with Crippen molar-refractivity contribution in [2.75, 3.05) is 0 Å². The molecule has 10 heteroatoms. The largest absolute Gasteiger partial charge is 0.507 e. The minimum absolute atomic E-state index is 0.0709. The first-order valence-electron chi connectivity index (χ1n) is 10.6. The maximum Gasteiger partial charge on any atom is 0.305 e. The quantitative estimate of drug-likeness (QED) is 0.410. The van der Waals surface area contributed by atoms with Gasteiger partial charge >= 0.3 is 5.97 Å². The second-order valence-corrected chi connectivity index (χ2v) is 8.86. The van der Waals surface area contributed by atoms with E-state index in [2.05, 4.69) is 0 Å². The summed E-state index contributed by atoms with van der Waals surface area (Å²) in [4.78, 5) is 76.8. The molecule has 0 spiro atoms. The molecule has 1 amide bonds. The molecule has 0 aliphatic heterocycles. The van der Waals surface area contributed by atoms with Crippen LogP contribution in [0.4, 0.5) is 0 Å². The number of phenolic OH excluding ortho intramolecular Hbond substituents is 1. The van der Waals surface area contributed by atoms with Crippen LogP contribution in [-0.2, 0) is 28.7 Å². The third kappa shape index (κ3) is 2.97. The molecule has 1 aromatic rings. The van der Waals surface area contributed by atoms with Crippen LogP contribution >= 0.6 is 0 Å². The first-order chi connectivity index (χ1) is 15.5. The van der Waals surface area contributed by atoms with E-state index in [0.29, 0.717) is 5.56 Å². The fourth-order valence-corrected chi connectivity index (χ4v) is 5.68. The van der Waals surface area contributed by atoms with Crippen LogP contribution in [0.15, 0.2) is 18.2 Å². The number of rotatable bonds is 3. The van der Waals surface area contributed by atoms with E-state index in [1.807, 2.05) is 0 Å². The number of amides is 1. The van der Waals surface area contributed by atoms with E-state index in [1.165, 1.54) is 19.1 Å². The molecule has 3 aliphatic carbocycles. The molecular formula is C23H23NO9. The Morgan fingerprint density at radius 3 is 2.45 bits per heavy atom. The maximum absolute atomic E-state index is 13.6. The Bertz CT molecular complexity index is 1120. The van der Waals surface area contributed by atoms with Gasteiger partial charge in [0.15, 0.2) is 34.7 Å². The van der Waals surface area contributed by atoms with Crippen molar-refractivity contribution in [2.24, 2.45) is 29.4 Å². The summed E-state index contributed by atoms with van der Waals surface area (Å²) in [5.74, 6) is -13.5. The number of phenols is 1. The van der Waals surface area contributed by atoms with Gasteiger partial charge in [0.2, 0.25) is 5.91 Å². The third-order valence-corrected chi connectivity index (χ3v) is 7.25. The summed E-state index contributed by atoms with van der Waals surface area (Å²) in [7, 11) is 0. The Morgan fingerprint density at radius 1 is 1.18 bits per heavy atom. The van der Waals surface area contributed by atoms with Crippen molar-refractivity contribution in [3.63, 3.8) is 0 Å². The highest BCUT2D eigenvalue weighted by Gasteiger charge is 2.71. The number of benzene rings is 1. The third-order valence-electron chi connectivity index (χ3n) is 7.25. The van der Waals surface area contributed by atoms with Gasteiger partial charge in [-0.15, -0.1) is 0 Å². The lowest BCUT2D eigenvalue weighted by molar-refractivity contribution is -0.198. The summed E-state index contributed by atoms with van der Waals surface area (Å²) in [6.45, 7) is 3.19. The second kappa shape index (κ2) is 7.58. The van der Waals surface area contributed by atoms with Crippen molar-refractivity contribution in [1.29, 1.82) is 0 Å². The molecule has 0 radical (unpaired) electrons. The van der Waals surface area contributed by atoms with Crippen LogP contribution in [-0.4, -0.2) is 56.9 Å². The van der Waals surface area contributed by atoms with E-state index in [9.17, 15) is 39.0 Å². The Hall–Kier alpha value is -3.40. The number of esters is 1. The minimum atomic E-state index is -2.93. The first kappa shape index (κ1) is 22.8. The molecule has 1 aromatic carbocycles. The maximum atomic E-state index is 13.6. The van der Waals surface area contributed by atoms with Gasteiger partial charge in [0.1, 0.15) is 11.9 Å². The van der Waals surface area contributed by atoms with Crippen molar-refractivity contribution >= 4 is 35.0 Å². The van der Waals surface area contributed by atoms with Gasteiger partial charge in [0, 0.05) is 24.7 Å². The van der Waals surface area contributed by atoms with Gasteiger partial charge in [-0.2, -0.15) is 0 Å². The van der Waals surface area contributed by atoms with Gasteiger partial charge in [-0.3, -0.25) is 28.8 Å². The van der Waals surface area contributed by atoms with Crippen LogP contribution in [0.25, 0.3) is 0 Å². The Kier molecular flexibility index (Phi) is 5.24. The van der Waals surface area contributed by atoms with Gasteiger partial charge in [-0.05, 0) is 17.5 Å². The molecule has 0 saturated heterocycles. The summed E-state index contributed by atoms with van der Waals surface area (Å²) >= 11 is 0. The number of ketones is 4. The summed E-state index contributed by atoms with van der Waals surface area (Å²) in [6, 6.07) is 4.40. The minimum Gasteiger partial charge on any atom is -0.507 e. The normalized spacial score (nSPS) is 35.4. The van der Waals surface area contributed by atoms with Crippen LogP contribution < -0.4 is 5.73 Å². The van der Waals surface area contributed by atoms with Crippen LogP contribution in [0.5, 0.6) is 5.75 Å². The molecule has 4 rings (SSSR count). The molecule has 7 atom stereocenters. The number of nitrogens with two attached hydrogens (primary N) is 1. The van der Waals surface area contributed by atoms with Crippen molar-refractivity contribution < 1.29 is 43.7 Å². The summed E-state index contributed by atoms with van der Waals surface area (Å²) in [5, 5.41) is 21.7. The van der Waals surface area contributed by atoms with Gasteiger partial charge in [-0.1, -0.05) is 26.0 Å². The van der Waals surface area contributed by atoms with Crippen molar-refractivity contribution in [2.45, 2.75) is 44.3 Å². The molecule has 2 saturated carbocycles. The van der Waals surface area contributed by atoms with E-state index < -0.39 is 82.7 Å². The van der Waals surface area contributed by atoms with Gasteiger partial charge < -0.3 is 20.7 Å². The predicted molar refractivity (Wildman–Crippen MR) is 109 cm³/mol. The zero-order valence-electron chi connectivity index (χ0n) is 17.9. The smallest absolute Gasteiger partial charge is 0.305 e. The highest BCUT2D eigenvalue weighted by atomic mass is 16.5. The summed E-state index contributed by atoms with van der Waals surface area (Å²) in [5.41, 5.74) is 2.56. The molecule has 0 bridgehead atoms. The van der Waals surface area contributed by atoms with Crippen LogP contribution in [0.3, 0.4) is 0 Å². The summed E-state index contributed by atoms with van der Waals surface area (Å²) < 4.78 is 5.56. The fraction of sp³-hybridized carbons (Fsp3) is 0.478. The number of Topliss-reactive ketones (excluding diaryl/α,β-unsaturated/α-hetero) is 4. The Labute approximate surface area is 188 Å². The first-order valence-corrected chi connectivity index (χ1v) is 10.6. The number of carbonyl (C=O) groups excluding carboxylic acids is 6. The second-order valence-electron chi connectivity index (χ2n) is 8.86. The van der Waals surface area contributed by atoms with E-state index in [-0.39, 0.29) is 17.7 Å². The molecule has 174 valence electrons. The number of hydrogen-bond acceptors (Lipinski definition) is 9. The fourth-order valence-electron chi connectivity index (χ4n) is 5.68. The Morgan fingerprint density at radius 2 is 1.85 bits per heavy atom. The van der Waals surface area contributed by atoms with Crippen molar-refractivity contribution in [3.8, 4) is 5.75 Å². The lowest BCUT2D eigenvalue weighted by atomic mass is 9.50. The predicted octanol–water partition coefficient (Wildman–Crippen LogP) is -0.180. The Balaban J connectivity index is 1.94. The van der Waals surface area contributed by atoms with Crippen LogP contribution in [0, 0.1) is 23.7 Å². The molecule has 4 N–H and O–H groups in total. The monoisotopic (exact) mass is 457 g/mol. The van der Waals surface area contributed by atoms with Crippen LogP contribution in [0.2, 0.25) is 0 Å². The number of fused-ring (bicyclic) bond motifs is 3. The zero-order chi connectivity index (χ0) is 24.4. The summed E-state index contributed by atoms with van der Waals surface area (Å²) in [6.07, 6.45) is -2.03. The highest BCUT2D eigenvalue weighted by molar-refractivity contribution is 6.31. The lowest BCUT2D eigenvalue weighted by Gasteiger charge is -2.53. The lowest BCUT2D eigenvalue weighted by Crippen LogP contribution is -2.73. The number of carbonyl (C=O) groups is 6. The molecule has 2 fully saturated rings. The molecule has 10 nitrogen and oxygen atoms in total. The number of ether oxygens (including phenoxy) is 1. The van der Waals surface area contributed by atoms with Gasteiger partial charge in [-0.25, -0.2) is 0 Å². The van der Waals surface area contributed by atoms with Crippen LogP contribution in [0.1, 0.15) is 48.5 Å². The van der Waals surface area contributed by atoms with Crippen molar-refractivity contribution in [3.05, 3.63) is 29.3 Å². The molecular weight excluding hydrogens is 434 g/mol. The SMILES string of the molecule is CCC(=O)O[C@H]1[C@H]2C(C(=O)c3c(O)cccc3[C@@H]2C)C(=O)[C@]2(O)C(=O)C(C(N)=O)C(=O)C[C@H]12. The van der Waals surface area contributed by atoms with E-state index in [4.69, 9.17) is 10.5 Å². The topological polar surface area (TPSA) is 178 Å². The molecule has 0 heterocycles. The van der Waals surface area contributed by atoms with Gasteiger partial charge in [0.05, 0.1) is 11.5 Å². The molecule has 3 aliphatic rings. The zero-order valence-corrected chi connectivity index (χ0v) is 17.9. The average molecular weight is 457 g/mol. The number of primary amides is 1. The average Bonchev–Trinajstić information content (AvgIpc) is 2.75. The van der Waals surface area contributed by atoms with E-state index >= 15 is 0 Å². The van der Waals surface area contributed by atoms with E-state index in [0.717, 1.165) is 0 Å². The number of aromatic hydroxyl groups is 1. The number of aliphatic hydroxyl groups is 1. The standard InChI is InChI=1S/C23H23NO9/c1-3-13(27)33-19-10-7-12(26)16(22(24)31)20(29)23(10,32)21(30)17-14(19)8(2)9-5-4-6-11(25)15(9)18(17)28/h4-6,8,10,14,16-17,19,25,32H,3,7H2,1-2H3,(H2,24,31)/t8-,10+,14+,16?,17?,19+,23+/m0/s1. The molecule has 0 aromatic heterocycles. The highest BCUT2D eigenvalue weighted by Crippen LogP contribution is 2.54. The molecule has 33 heavy (non-hydrogen) atoms.